The molecule has 2 aliphatic heterocycles. The second kappa shape index (κ2) is 12.0. The Bertz CT molecular complexity index is 1770. The summed E-state index contributed by atoms with van der Waals surface area (Å²) >= 11 is 7.97. The first-order valence-corrected chi connectivity index (χ1v) is 16.6. The lowest BCUT2D eigenvalue weighted by Gasteiger charge is -2.31. The van der Waals surface area contributed by atoms with Crippen molar-refractivity contribution in [3.8, 4) is 0 Å². The number of aromatic nitrogens is 2. The van der Waals surface area contributed by atoms with Crippen molar-refractivity contribution in [2.45, 2.75) is 55.8 Å². The maximum atomic E-state index is 13.2. The van der Waals surface area contributed by atoms with E-state index in [0.717, 1.165) is 15.6 Å². The van der Waals surface area contributed by atoms with Crippen molar-refractivity contribution in [1.29, 1.82) is 0 Å². The summed E-state index contributed by atoms with van der Waals surface area (Å²) in [6.45, 7) is 1.84. The largest absolute Gasteiger partial charge is 0.421 e. The molecule has 0 radical (unpaired) electrons. The van der Waals surface area contributed by atoms with Gasteiger partial charge in [0, 0.05) is 60.4 Å². The fourth-order valence-corrected chi connectivity index (χ4v) is 7.77. The maximum Gasteiger partial charge on any atom is 0.421 e. The average Bonchev–Trinajstić information content (AvgIpc) is 3.65. The van der Waals surface area contributed by atoms with Crippen LogP contribution >= 0.6 is 22.9 Å². The molecule has 2 unspecified atom stereocenters. The van der Waals surface area contributed by atoms with Crippen LogP contribution in [0, 0.1) is 6.92 Å². The van der Waals surface area contributed by atoms with Gasteiger partial charge in [-0.05, 0) is 44.0 Å². The molecule has 9 nitrogen and oxygen atoms in total. The minimum absolute atomic E-state index is 0.0886. The van der Waals surface area contributed by atoms with Crippen LogP contribution in [0.15, 0.2) is 54.9 Å². The number of likely N-dealkylation sites (tertiary alicyclic amines) is 1. The summed E-state index contributed by atoms with van der Waals surface area (Å²) in [6, 6.07) is 7.11. The standard InChI is InChI=1S/C28H29ClF3N5O4S2/c1-16-7-8-18(28(30,31)32)27(39)37(16)14-24(38)36-11-9-17(10-12-36)26-34-21(15-42-26)20-13-22(41-35-20)25-19(29)5-4-6-23(25)43(3,40)33-2/h4-8,15,17,22H,9-14H2,1-3H3. The number of carbonyl (C=O) groups is 1. The van der Waals surface area contributed by atoms with Gasteiger partial charge >= 0.3 is 6.18 Å². The van der Waals surface area contributed by atoms with Crippen molar-refractivity contribution in [1.82, 2.24) is 14.5 Å². The van der Waals surface area contributed by atoms with Crippen molar-refractivity contribution in [3.05, 3.63) is 78.6 Å². The van der Waals surface area contributed by atoms with Crippen LogP contribution in [-0.4, -0.2) is 56.7 Å². The van der Waals surface area contributed by atoms with E-state index < -0.39 is 45.6 Å². The molecule has 1 amide bonds. The van der Waals surface area contributed by atoms with E-state index in [2.05, 4.69) is 9.52 Å². The van der Waals surface area contributed by atoms with Gasteiger partial charge in [-0.3, -0.25) is 9.59 Å². The van der Waals surface area contributed by atoms with Crippen molar-refractivity contribution in [2.24, 2.45) is 9.52 Å². The fraction of sp³-hybridized carbons (Fsp3) is 0.429. The number of oxime groups is 1. The van der Waals surface area contributed by atoms with Crippen molar-refractivity contribution < 1.29 is 27.0 Å². The zero-order chi connectivity index (χ0) is 31.1. The average molecular weight is 656 g/mol. The zero-order valence-corrected chi connectivity index (χ0v) is 25.9. The van der Waals surface area contributed by atoms with E-state index in [1.54, 1.807) is 29.4 Å². The van der Waals surface area contributed by atoms with E-state index >= 15 is 0 Å². The van der Waals surface area contributed by atoms with Gasteiger partial charge in [0.2, 0.25) is 5.91 Å². The number of hydrogen-bond donors (Lipinski definition) is 0. The highest BCUT2D eigenvalue weighted by atomic mass is 35.5. The van der Waals surface area contributed by atoms with Crippen molar-refractivity contribution in [3.63, 3.8) is 0 Å². The summed E-state index contributed by atoms with van der Waals surface area (Å²) in [5, 5.41) is 7.46. The second-order valence-corrected chi connectivity index (χ2v) is 14.2. The molecule has 0 saturated carbocycles. The van der Waals surface area contributed by atoms with Gasteiger partial charge in [-0.1, -0.05) is 22.8 Å². The normalized spacial score (nSPS) is 19.1. The first kappa shape index (κ1) is 31.2. The number of nitrogens with zero attached hydrogens (tertiary/aromatic N) is 5. The molecule has 2 aromatic heterocycles. The fourth-order valence-electron chi connectivity index (χ4n) is 5.24. The third-order valence-corrected chi connectivity index (χ3v) is 11.0. The van der Waals surface area contributed by atoms with Gasteiger partial charge in [0.05, 0.1) is 25.3 Å². The van der Waals surface area contributed by atoms with Crippen LogP contribution < -0.4 is 5.56 Å². The monoisotopic (exact) mass is 655 g/mol. The number of carbonyl (C=O) groups excluding carboxylic acids is 1. The highest BCUT2D eigenvalue weighted by molar-refractivity contribution is 7.93. The maximum absolute atomic E-state index is 13.2. The molecule has 1 fully saturated rings. The molecule has 0 spiro atoms. The number of halogens is 4. The number of pyridine rings is 1. The van der Waals surface area contributed by atoms with Crippen LogP contribution in [0.3, 0.4) is 0 Å². The Kier molecular flexibility index (Phi) is 8.74. The van der Waals surface area contributed by atoms with Crippen LogP contribution in [0.2, 0.25) is 5.02 Å². The number of thiazole rings is 1. The van der Waals surface area contributed by atoms with Crippen LogP contribution in [0.1, 0.15) is 58.8 Å². The number of benzene rings is 1. The number of rotatable bonds is 6. The Morgan fingerprint density at radius 2 is 1.95 bits per heavy atom. The first-order chi connectivity index (χ1) is 20.3. The Hall–Kier alpha value is -3.23. The minimum atomic E-state index is -4.79. The van der Waals surface area contributed by atoms with E-state index in [1.165, 1.54) is 31.4 Å². The Labute approximate surface area is 255 Å². The molecule has 1 saturated heterocycles. The second-order valence-electron chi connectivity index (χ2n) is 10.5. The van der Waals surface area contributed by atoms with E-state index in [1.807, 2.05) is 5.38 Å². The summed E-state index contributed by atoms with van der Waals surface area (Å²) < 4.78 is 57.5. The first-order valence-electron chi connectivity index (χ1n) is 13.4. The summed E-state index contributed by atoms with van der Waals surface area (Å²) in [5.74, 6) is -0.317. The molecule has 230 valence electrons. The Morgan fingerprint density at radius 3 is 2.63 bits per heavy atom. The summed E-state index contributed by atoms with van der Waals surface area (Å²) in [4.78, 5) is 38.0. The molecule has 15 heteroatoms. The number of piperidine rings is 1. The van der Waals surface area contributed by atoms with Gasteiger partial charge in [0.1, 0.15) is 17.8 Å². The van der Waals surface area contributed by atoms with Crippen LogP contribution in [0.25, 0.3) is 0 Å². The SMILES string of the molecule is CN=S(C)(=O)c1cccc(Cl)c1C1CC(c2csc(C3CCN(C(=O)Cn4c(C)ccc(C(F)(F)F)c4=O)CC3)n2)=NO1. The zero-order valence-electron chi connectivity index (χ0n) is 23.6. The molecular formula is C28H29ClF3N5O4S2. The predicted octanol–water partition coefficient (Wildman–Crippen LogP) is 5.64. The van der Waals surface area contributed by atoms with Gasteiger partial charge in [-0.2, -0.15) is 13.2 Å². The smallest absolute Gasteiger partial charge is 0.387 e. The van der Waals surface area contributed by atoms with Gasteiger partial charge in [-0.15, -0.1) is 11.3 Å². The van der Waals surface area contributed by atoms with Crippen LogP contribution in [-0.2, 0) is 32.1 Å². The number of amides is 1. The summed E-state index contributed by atoms with van der Waals surface area (Å²) in [5.41, 5.74) is -0.318. The topological polar surface area (TPSA) is 106 Å². The number of hydrogen-bond acceptors (Lipinski definition) is 8. The van der Waals surface area contributed by atoms with E-state index in [0.29, 0.717) is 59.2 Å². The molecule has 0 bridgehead atoms. The Balaban J connectivity index is 1.22. The van der Waals surface area contributed by atoms with E-state index in [9.17, 15) is 27.0 Å². The number of aryl methyl sites for hydroxylation is 1. The molecule has 5 rings (SSSR count). The van der Waals surface area contributed by atoms with Crippen molar-refractivity contribution >= 4 is 44.3 Å². The molecule has 2 aliphatic rings. The van der Waals surface area contributed by atoms with E-state index in [-0.39, 0.29) is 11.6 Å². The third-order valence-electron chi connectivity index (χ3n) is 7.77. The van der Waals surface area contributed by atoms with Crippen LogP contribution in [0.4, 0.5) is 13.2 Å². The van der Waals surface area contributed by atoms with Crippen LogP contribution in [0.5, 0.6) is 0 Å². The predicted molar refractivity (Wildman–Crippen MR) is 158 cm³/mol. The lowest BCUT2D eigenvalue weighted by Crippen LogP contribution is -2.42. The molecular weight excluding hydrogens is 627 g/mol. The summed E-state index contributed by atoms with van der Waals surface area (Å²) in [6.07, 6.45) is -2.14. The van der Waals surface area contributed by atoms with Gasteiger partial charge in [0.15, 0.2) is 6.10 Å². The van der Waals surface area contributed by atoms with Gasteiger partial charge in [-0.25, -0.2) is 13.6 Å². The lowest BCUT2D eigenvalue weighted by molar-refractivity contribution is -0.139. The highest BCUT2D eigenvalue weighted by Crippen LogP contribution is 2.39. The molecule has 43 heavy (non-hydrogen) atoms. The molecule has 3 aromatic rings. The third kappa shape index (κ3) is 6.36. The molecule has 1 aromatic carbocycles. The van der Waals surface area contributed by atoms with Gasteiger partial charge in [0.25, 0.3) is 5.56 Å². The molecule has 0 aliphatic carbocycles. The van der Waals surface area contributed by atoms with E-state index in [4.69, 9.17) is 21.4 Å². The number of alkyl halides is 3. The molecule has 2 atom stereocenters. The quantitative estimate of drug-likeness (QED) is 0.342. The summed E-state index contributed by atoms with van der Waals surface area (Å²) in [7, 11) is -1.17. The Morgan fingerprint density at radius 1 is 1.23 bits per heavy atom. The lowest BCUT2D eigenvalue weighted by atomic mass is 9.97. The van der Waals surface area contributed by atoms with Crippen molar-refractivity contribution in [2.75, 3.05) is 26.4 Å². The molecule has 4 heterocycles. The highest BCUT2D eigenvalue weighted by Gasteiger charge is 2.36. The molecule has 0 N–H and O–H groups in total. The van der Waals surface area contributed by atoms with Gasteiger partial charge < -0.3 is 14.3 Å². The minimum Gasteiger partial charge on any atom is -0.387 e.